The van der Waals surface area contributed by atoms with E-state index in [-0.39, 0.29) is 35.5 Å². The Morgan fingerprint density at radius 1 is 1.55 bits per heavy atom. The maximum Gasteiger partial charge on any atom is 0.270 e. The fourth-order valence-electron chi connectivity index (χ4n) is 2.54. The van der Waals surface area contributed by atoms with Gasteiger partial charge in [0, 0.05) is 37.1 Å². The molecular formula is C13H16ClF2N3O3. The van der Waals surface area contributed by atoms with E-state index in [2.05, 4.69) is 10.4 Å². The monoisotopic (exact) mass is 335 g/mol. The Hall–Kier alpha value is -1.54. The Bertz CT molecular complexity index is 648. The lowest BCUT2D eigenvalue weighted by atomic mass is 10.1. The highest BCUT2D eigenvalue weighted by Gasteiger charge is 2.40. The molecule has 1 aliphatic rings. The largest absolute Gasteiger partial charge is 0.392 e. The normalized spacial score (nSPS) is 20.1. The van der Waals surface area contributed by atoms with Crippen molar-refractivity contribution < 1.29 is 18.7 Å². The molecule has 0 spiro atoms. The smallest absolute Gasteiger partial charge is 0.270 e. The maximum absolute atomic E-state index is 13.1. The summed E-state index contributed by atoms with van der Waals surface area (Å²) in [7, 11) is 1.37. The number of nitrogens with zero attached hydrogens (tertiary/aromatic N) is 2. The second-order valence-electron chi connectivity index (χ2n) is 5.37. The number of hydrogen-bond acceptors (Lipinski definition) is 4. The van der Waals surface area contributed by atoms with Gasteiger partial charge in [0.15, 0.2) is 5.15 Å². The number of rotatable bonds is 4. The Morgan fingerprint density at radius 3 is 2.77 bits per heavy atom. The summed E-state index contributed by atoms with van der Waals surface area (Å²) in [4.78, 5) is 24.0. The van der Waals surface area contributed by atoms with Gasteiger partial charge in [-0.25, -0.2) is 13.5 Å². The minimum atomic E-state index is -2.76. The SMILES string of the molecule is Cn1nc(Cl)c(CO)c(CC(=O)NC2CCC(F)(F)C2)c1=O. The molecule has 22 heavy (non-hydrogen) atoms. The molecule has 1 aromatic heterocycles. The van der Waals surface area contributed by atoms with E-state index in [0.717, 1.165) is 4.68 Å². The van der Waals surface area contributed by atoms with E-state index in [1.165, 1.54) is 7.05 Å². The van der Waals surface area contributed by atoms with Crippen molar-refractivity contribution in [2.75, 3.05) is 0 Å². The van der Waals surface area contributed by atoms with Gasteiger partial charge in [-0.1, -0.05) is 11.6 Å². The van der Waals surface area contributed by atoms with Crippen LogP contribution in [0.15, 0.2) is 4.79 Å². The van der Waals surface area contributed by atoms with Crippen molar-refractivity contribution in [1.29, 1.82) is 0 Å². The lowest BCUT2D eigenvalue weighted by Crippen LogP contribution is -2.37. The first-order valence-electron chi connectivity index (χ1n) is 6.76. The molecule has 122 valence electrons. The number of amides is 1. The Labute approximate surface area is 130 Å². The number of carbonyl (C=O) groups excluding carboxylic acids is 1. The lowest BCUT2D eigenvalue weighted by molar-refractivity contribution is -0.121. The molecule has 1 heterocycles. The topological polar surface area (TPSA) is 84.2 Å². The van der Waals surface area contributed by atoms with E-state index in [9.17, 15) is 23.5 Å². The molecule has 0 aliphatic heterocycles. The molecule has 0 bridgehead atoms. The second-order valence-corrected chi connectivity index (χ2v) is 5.73. The van der Waals surface area contributed by atoms with Gasteiger partial charge < -0.3 is 10.4 Å². The predicted octanol–water partition coefficient (Wildman–Crippen LogP) is 0.772. The highest BCUT2D eigenvalue weighted by Crippen LogP contribution is 2.34. The highest BCUT2D eigenvalue weighted by atomic mass is 35.5. The Balaban J connectivity index is 2.14. The summed E-state index contributed by atoms with van der Waals surface area (Å²) in [5.41, 5.74) is -0.454. The summed E-state index contributed by atoms with van der Waals surface area (Å²) in [6.07, 6.45) is -0.809. The van der Waals surface area contributed by atoms with E-state index < -0.39 is 36.5 Å². The number of aliphatic hydroxyl groups is 1. The number of carbonyl (C=O) groups is 1. The number of aryl methyl sites for hydroxylation is 1. The van der Waals surface area contributed by atoms with Crippen LogP contribution in [0.5, 0.6) is 0 Å². The van der Waals surface area contributed by atoms with Crippen LogP contribution in [-0.2, 0) is 24.9 Å². The molecule has 1 unspecified atom stereocenters. The molecule has 2 N–H and O–H groups in total. The van der Waals surface area contributed by atoms with Crippen LogP contribution in [0.1, 0.15) is 30.4 Å². The average Bonchev–Trinajstić information content (AvgIpc) is 2.75. The molecule has 0 radical (unpaired) electrons. The number of hydrogen-bond donors (Lipinski definition) is 2. The van der Waals surface area contributed by atoms with Crippen molar-refractivity contribution in [3.63, 3.8) is 0 Å². The van der Waals surface area contributed by atoms with Crippen LogP contribution >= 0.6 is 11.6 Å². The molecule has 0 saturated heterocycles. The quantitative estimate of drug-likeness (QED) is 0.851. The van der Waals surface area contributed by atoms with Crippen LogP contribution in [0.4, 0.5) is 8.78 Å². The third-order valence-corrected chi connectivity index (χ3v) is 3.97. The van der Waals surface area contributed by atoms with Gasteiger partial charge in [-0.2, -0.15) is 5.10 Å². The van der Waals surface area contributed by atoms with Crippen LogP contribution in [0.2, 0.25) is 5.15 Å². The van der Waals surface area contributed by atoms with Gasteiger partial charge in [0.1, 0.15) is 0 Å². The summed E-state index contributed by atoms with van der Waals surface area (Å²) in [6, 6.07) is -0.610. The molecule has 1 amide bonds. The summed E-state index contributed by atoms with van der Waals surface area (Å²) >= 11 is 5.84. The first-order valence-corrected chi connectivity index (χ1v) is 7.14. The second kappa shape index (κ2) is 6.29. The molecule has 6 nitrogen and oxygen atoms in total. The van der Waals surface area contributed by atoms with E-state index in [1.807, 2.05) is 0 Å². The molecule has 2 rings (SSSR count). The summed E-state index contributed by atoms with van der Waals surface area (Å²) in [6.45, 7) is -0.536. The zero-order valence-electron chi connectivity index (χ0n) is 11.9. The van der Waals surface area contributed by atoms with Gasteiger partial charge in [-0.3, -0.25) is 9.59 Å². The van der Waals surface area contributed by atoms with Gasteiger partial charge in [0.05, 0.1) is 13.0 Å². The third-order valence-electron chi connectivity index (χ3n) is 3.67. The van der Waals surface area contributed by atoms with Crippen molar-refractivity contribution in [2.24, 2.45) is 7.05 Å². The summed E-state index contributed by atoms with van der Waals surface area (Å²) in [5, 5.41) is 15.4. The van der Waals surface area contributed by atoms with Crippen molar-refractivity contribution in [3.05, 3.63) is 26.6 Å². The number of alkyl halides is 2. The zero-order valence-corrected chi connectivity index (χ0v) is 12.7. The van der Waals surface area contributed by atoms with Crippen molar-refractivity contribution in [2.45, 2.75) is 44.3 Å². The van der Waals surface area contributed by atoms with Crippen LogP contribution < -0.4 is 10.9 Å². The average molecular weight is 336 g/mol. The number of aliphatic hydroxyl groups excluding tert-OH is 1. The van der Waals surface area contributed by atoms with E-state index in [1.54, 1.807) is 0 Å². The molecule has 1 fully saturated rings. The first kappa shape index (κ1) is 16.8. The zero-order chi connectivity index (χ0) is 16.5. The summed E-state index contributed by atoms with van der Waals surface area (Å²) in [5.74, 6) is -3.32. The number of aromatic nitrogens is 2. The fourth-order valence-corrected chi connectivity index (χ4v) is 2.83. The molecule has 1 atom stereocenters. The van der Waals surface area contributed by atoms with Crippen molar-refractivity contribution in [1.82, 2.24) is 15.1 Å². The maximum atomic E-state index is 13.1. The van der Waals surface area contributed by atoms with Gasteiger partial charge in [0.2, 0.25) is 11.8 Å². The predicted molar refractivity (Wildman–Crippen MR) is 74.8 cm³/mol. The minimum Gasteiger partial charge on any atom is -0.392 e. The highest BCUT2D eigenvalue weighted by molar-refractivity contribution is 6.30. The molecule has 1 aromatic rings. The fraction of sp³-hybridized carbons (Fsp3) is 0.615. The number of nitrogens with one attached hydrogen (secondary N) is 1. The molecule has 1 saturated carbocycles. The van der Waals surface area contributed by atoms with Gasteiger partial charge in [-0.05, 0) is 6.42 Å². The van der Waals surface area contributed by atoms with Crippen molar-refractivity contribution >= 4 is 17.5 Å². The molecular weight excluding hydrogens is 320 g/mol. The van der Waals surface area contributed by atoms with E-state index in [4.69, 9.17) is 11.6 Å². The molecule has 1 aliphatic carbocycles. The lowest BCUT2D eigenvalue weighted by Gasteiger charge is -2.14. The number of halogens is 3. The van der Waals surface area contributed by atoms with Crippen LogP contribution in [0.25, 0.3) is 0 Å². The molecule has 9 heteroatoms. The van der Waals surface area contributed by atoms with Gasteiger partial charge >= 0.3 is 0 Å². The van der Waals surface area contributed by atoms with E-state index in [0.29, 0.717) is 0 Å². The van der Waals surface area contributed by atoms with Crippen LogP contribution in [-0.4, -0.2) is 32.8 Å². The Kier molecular flexibility index (Phi) is 4.81. The van der Waals surface area contributed by atoms with Gasteiger partial charge in [-0.15, -0.1) is 0 Å². The Morgan fingerprint density at radius 2 is 2.23 bits per heavy atom. The third kappa shape index (κ3) is 3.61. The van der Waals surface area contributed by atoms with Crippen molar-refractivity contribution in [3.8, 4) is 0 Å². The standard InChI is InChI=1S/C13H16ClF2N3O3/c1-19-12(22)8(9(6-20)11(14)18-19)4-10(21)17-7-2-3-13(15,16)5-7/h7,20H,2-6H2,1H3,(H,17,21). The van der Waals surface area contributed by atoms with E-state index >= 15 is 0 Å². The van der Waals surface area contributed by atoms with Crippen LogP contribution in [0.3, 0.4) is 0 Å². The minimum absolute atomic E-state index is 0.0206. The summed E-state index contributed by atoms with van der Waals surface area (Å²) < 4.78 is 27.2. The molecule has 0 aromatic carbocycles. The van der Waals surface area contributed by atoms with Gasteiger partial charge in [0.25, 0.3) is 5.56 Å². The van der Waals surface area contributed by atoms with Crippen LogP contribution in [0, 0.1) is 0 Å². The first-order chi connectivity index (χ1) is 10.2.